The average Bonchev–Trinajstić information content (AvgIpc) is 3.90. The highest BCUT2D eigenvalue weighted by molar-refractivity contribution is 7.27. The van der Waals surface area contributed by atoms with Crippen molar-refractivity contribution in [3.05, 3.63) is 218 Å². The van der Waals surface area contributed by atoms with Gasteiger partial charge in [0.05, 0.1) is 11.0 Å². The van der Waals surface area contributed by atoms with Crippen molar-refractivity contribution in [3.8, 4) is 73.2 Å². The molecule has 0 saturated heterocycles. The van der Waals surface area contributed by atoms with E-state index in [9.17, 15) is 0 Å². The lowest BCUT2D eigenvalue weighted by Gasteiger charge is -2.12. The van der Waals surface area contributed by atoms with E-state index >= 15 is 0 Å². The quantitative estimate of drug-likeness (QED) is 0.161. The normalized spacial score (nSPS) is 11.5. The van der Waals surface area contributed by atoms with Crippen molar-refractivity contribution in [2.45, 2.75) is 0 Å². The zero-order valence-electron chi connectivity index (χ0n) is 33.5. The topological polar surface area (TPSA) is 43.6 Å². The van der Waals surface area contributed by atoms with Crippen molar-refractivity contribution in [1.82, 2.24) is 19.5 Å². The van der Waals surface area contributed by atoms with Gasteiger partial charge in [-0.15, -0.1) is 11.3 Å². The highest BCUT2D eigenvalue weighted by atomic mass is 32.1. The molecule has 0 bridgehead atoms. The van der Waals surface area contributed by atoms with Gasteiger partial charge in [-0.05, 0) is 88.0 Å². The van der Waals surface area contributed by atoms with Crippen LogP contribution in [0.1, 0.15) is 0 Å². The number of aromatic nitrogens is 4. The largest absolute Gasteiger partial charge is 0.309 e. The number of hydrogen-bond donors (Lipinski definition) is 0. The van der Waals surface area contributed by atoms with Crippen LogP contribution >= 0.6 is 11.3 Å². The van der Waals surface area contributed by atoms with Crippen molar-refractivity contribution >= 4 is 53.3 Å². The summed E-state index contributed by atoms with van der Waals surface area (Å²) < 4.78 is 5.00. The van der Waals surface area contributed by atoms with E-state index in [1.807, 2.05) is 72.0 Å². The second kappa shape index (κ2) is 14.9. The number of benzene rings is 9. The number of rotatable bonds is 7. The molecule has 0 N–H and O–H groups in total. The molecule has 0 aliphatic rings. The first kappa shape index (κ1) is 35.9. The molecule has 9 aromatic carbocycles. The van der Waals surface area contributed by atoms with Gasteiger partial charge in [0.15, 0.2) is 17.5 Å². The van der Waals surface area contributed by atoms with Gasteiger partial charge in [-0.1, -0.05) is 164 Å². The van der Waals surface area contributed by atoms with E-state index in [0.29, 0.717) is 17.5 Å². The molecule has 0 atom stereocenters. The van der Waals surface area contributed by atoms with Crippen LogP contribution in [0.3, 0.4) is 0 Å². The van der Waals surface area contributed by atoms with Gasteiger partial charge in [-0.2, -0.15) is 0 Å². The summed E-state index contributed by atoms with van der Waals surface area (Å²) in [5.41, 5.74) is 13.4. The summed E-state index contributed by atoms with van der Waals surface area (Å²) in [7, 11) is 0. The first-order valence-corrected chi connectivity index (χ1v) is 21.7. The maximum Gasteiger partial charge on any atom is 0.164 e. The van der Waals surface area contributed by atoms with Crippen molar-refractivity contribution in [3.63, 3.8) is 0 Å². The van der Waals surface area contributed by atoms with E-state index in [1.165, 1.54) is 64.3 Å². The summed E-state index contributed by atoms with van der Waals surface area (Å²) in [5, 5.41) is 5.05. The highest BCUT2D eigenvalue weighted by Gasteiger charge is 2.23. The van der Waals surface area contributed by atoms with E-state index in [0.717, 1.165) is 33.4 Å². The smallest absolute Gasteiger partial charge is 0.164 e. The summed E-state index contributed by atoms with van der Waals surface area (Å²) in [5.74, 6) is 1.92. The molecule has 290 valence electrons. The van der Waals surface area contributed by atoms with Gasteiger partial charge in [0, 0.05) is 53.3 Å². The minimum Gasteiger partial charge on any atom is -0.309 e. The Morgan fingerprint density at radius 1 is 0.323 bits per heavy atom. The SMILES string of the molecule is c1ccc(-c2ccc3sc4c(c(-c5ccccc5)cc5c4c4cc(-c6ccccc6)ccc4n5-c4ccc(-c5nc(-c6ccccc6)nc(-c6ccccc6)n5)cc4)c3c2)cc1. The van der Waals surface area contributed by atoms with E-state index < -0.39 is 0 Å². The lowest BCUT2D eigenvalue weighted by atomic mass is 9.95. The Labute approximate surface area is 362 Å². The van der Waals surface area contributed by atoms with E-state index in [2.05, 4.69) is 162 Å². The average molecular weight is 809 g/mol. The summed E-state index contributed by atoms with van der Waals surface area (Å²) in [4.78, 5) is 15.0. The van der Waals surface area contributed by atoms with E-state index in [4.69, 9.17) is 15.0 Å². The van der Waals surface area contributed by atoms with Gasteiger partial charge < -0.3 is 4.57 Å². The zero-order valence-corrected chi connectivity index (χ0v) is 34.3. The Hall–Kier alpha value is -7.99. The lowest BCUT2D eigenvalue weighted by Crippen LogP contribution is -2.00. The van der Waals surface area contributed by atoms with Gasteiger partial charge in [0.2, 0.25) is 0 Å². The molecule has 0 aliphatic carbocycles. The van der Waals surface area contributed by atoms with Gasteiger partial charge in [0.1, 0.15) is 0 Å². The Bertz CT molecular complexity index is 3520. The second-order valence-electron chi connectivity index (χ2n) is 15.6. The molecule has 12 aromatic rings. The van der Waals surface area contributed by atoms with Crippen LogP contribution in [0.4, 0.5) is 0 Å². The monoisotopic (exact) mass is 808 g/mol. The second-order valence-corrected chi connectivity index (χ2v) is 16.6. The molecular weight excluding hydrogens is 773 g/mol. The third-order valence-corrected chi connectivity index (χ3v) is 13.0. The van der Waals surface area contributed by atoms with Crippen LogP contribution in [-0.2, 0) is 0 Å². The highest BCUT2D eigenvalue weighted by Crippen LogP contribution is 2.49. The molecule has 4 nitrogen and oxygen atoms in total. The molecule has 12 rings (SSSR count). The third-order valence-electron chi connectivity index (χ3n) is 11.9. The fraction of sp³-hybridized carbons (Fsp3) is 0. The molecule has 0 unspecified atom stereocenters. The standard InChI is InChI=1S/C57H36N4S/c1-6-16-37(17-7-1)43-28-32-49-47(34-43)53-50(36-46(39-20-10-3-11-21-39)52-48-35-44(38-18-8-2-9-19-38)29-33-51(48)62-54(52)53)61(49)45-30-26-42(27-31-45)57-59-55(40-22-12-4-13-23-40)58-56(60-57)41-24-14-5-15-25-41/h1-36H. The molecule has 0 radical (unpaired) electrons. The van der Waals surface area contributed by atoms with Gasteiger partial charge in [-0.3, -0.25) is 0 Å². The predicted octanol–water partition coefficient (Wildman–Crippen LogP) is 15.3. The molecule has 62 heavy (non-hydrogen) atoms. The van der Waals surface area contributed by atoms with Gasteiger partial charge >= 0.3 is 0 Å². The molecule has 0 amide bonds. The van der Waals surface area contributed by atoms with E-state index in [1.54, 1.807) is 0 Å². The first-order chi connectivity index (χ1) is 30.7. The van der Waals surface area contributed by atoms with Crippen LogP contribution in [0, 0.1) is 0 Å². The van der Waals surface area contributed by atoms with E-state index in [-0.39, 0.29) is 0 Å². The van der Waals surface area contributed by atoms with Crippen LogP contribution in [0.15, 0.2) is 218 Å². The minimum atomic E-state index is 0.632. The fourth-order valence-corrected chi connectivity index (χ4v) is 10.1. The molecule has 0 fully saturated rings. The molecule has 0 spiro atoms. The van der Waals surface area contributed by atoms with Crippen LogP contribution in [0.25, 0.3) is 115 Å². The van der Waals surface area contributed by atoms with Crippen LogP contribution in [0.2, 0.25) is 0 Å². The van der Waals surface area contributed by atoms with Crippen molar-refractivity contribution in [2.24, 2.45) is 0 Å². The Balaban J connectivity index is 1.10. The molecule has 3 aromatic heterocycles. The summed E-state index contributed by atoms with van der Waals surface area (Å²) >= 11 is 1.89. The Morgan fingerprint density at radius 2 is 0.758 bits per heavy atom. The minimum absolute atomic E-state index is 0.632. The van der Waals surface area contributed by atoms with Gasteiger partial charge in [-0.25, -0.2) is 15.0 Å². The first-order valence-electron chi connectivity index (χ1n) is 20.8. The summed E-state index contributed by atoms with van der Waals surface area (Å²) in [6.07, 6.45) is 0. The van der Waals surface area contributed by atoms with Crippen LogP contribution < -0.4 is 0 Å². The fourth-order valence-electron chi connectivity index (χ4n) is 8.88. The number of thiophene rings is 1. The molecule has 0 aliphatic heterocycles. The number of nitrogens with zero attached hydrogens (tertiary/aromatic N) is 4. The summed E-state index contributed by atoms with van der Waals surface area (Å²) in [6, 6.07) is 77.5. The maximum absolute atomic E-state index is 5.03. The van der Waals surface area contributed by atoms with Crippen LogP contribution in [0.5, 0.6) is 0 Å². The van der Waals surface area contributed by atoms with Crippen molar-refractivity contribution < 1.29 is 0 Å². The molecule has 0 saturated carbocycles. The molecule has 3 heterocycles. The number of fused-ring (bicyclic) bond motifs is 7. The predicted molar refractivity (Wildman–Crippen MR) is 260 cm³/mol. The summed E-state index contributed by atoms with van der Waals surface area (Å²) in [6.45, 7) is 0. The number of hydrogen-bond acceptors (Lipinski definition) is 4. The van der Waals surface area contributed by atoms with Crippen molar-refractivity contribution in [2.75, 3.05) is 0 Å². The third kappa shape index (κ3) is 6.18. The lowest BCUT2D eigenvalue weighted by molar-refractivity contribution is 1.07. The Morgan fingerprint density at radius 3 is 1.29 bits per heavy atom. The molecule has 5 heteroatoms. The van der Waals surface area contributed by atoms with Crippen LogP contribution in [-0.4, -0.2) is 19.5 Å². The zero-order chi connectivity index (χ0) is 41.0. The maximum atomic E-state index is 5.03. The molecular formula is C57H36N4S. The van der Waals surface area contributed by atoms with Gasteiger partial charge in [0.25, 0.3) is 0 Å². The van der Waals surface area contributed by atoms with Crippen molar-refractivity contribution in [1.29, 1.82) is 0 Å². The Kier molecular flexibility index (Phi) is 8.65.